The average molecular weight is 205 g/mol. The van der Waals surface area contributed by atoms with E-state index >= 15 is 0 Å². The summed E-state index contributed by atoms with van der Waals surface area (Å²) in [6.45, 7) is 8.54. The molecular weight excluding hydrogens is 186 g/mol. The van der Waals surface area contributed by atoms with Crippen molar-refractivity contribution in [2.45, 2.75) is 39.4 Å². The van der Waals surface area contributed by atoms with Crippen molar-refractivity contribution in [2.75, 3.05) is 16.0 Å². The van der Waals surface area contributed by atoms with Gasteiger partial charge in [-0.2, -0.15) is 0 Å². The van der Waals surface area contributed by atoms with Gasteiger partial charge in [0.25, 0.3) is 0 Å². The Morgan fingerprint density at radius 1 is 1.13 bits per heavy atom. The molecule has 1 aromatic carbocycles. The van der Waals surface area contributed by atoms with Gasteiger partial charge in [-0.05, 0) is 45.9 Å². The molecule has 1 aromatic rings. The van der Waals surface area contributed by atoms with E-state index in [9.17, 15) is 0 Å². The molecule has 0 saturated carbocycles. The molecule has 15 heavy (non-hydrogen) atoms. The molecular formula is C12H19N3. The number of rotatable bonds is 2. The molecule has 0 saturated heterocycles. The first kappa shape index (κ1) is 10.1. The third-order valence-electron chi connectivity index (χ3n) is 2.37. The third kappa shape index (κ3) is 2.17. The lowest BCUT2D eigenvalue weighted by molar-refractivity contribution is 0.675. The van der Waals surface area contributed by atoms with Crippen molar-refractivity contribution in [2.24, 2.45) is 0 Å². The molecule has 1 aliphatic rings. The van der Waals surface area contributed by atoms with Gasteiger partial charge in [0.2, 0.25) is 0 Å². The van der Waals surface area contributed by atoms with Crippen LogP contribution in [0.15, 0.2) is 18.2 Å². The Morgan fingerprint density at radius 3 is 2.47 bits per heavy atom. The number of hydrogen-bond donors (Lipinski definition) is 3. The Balaban J connectivity index is 2.23. The second-order valence-electron chi connectivity index (χ2n) is 4.93. The van der Waals surface area contributed by atoms with Crippen molar-refractivity contribution in [3.63, 3.8) is 0 Å². The minimum Gasteiger partial charge on any atom is -0.383 e. The lowest BCUT2D eigenvalue weighted by Gasteiger charge is -2.19. The topological polar surface area (TPSA) is 36.1 Å². The van der Waals surface area contributed by atoms with Crippen molar-refractivity contribution in [1.29, 1.82) is 0 Å². The standard InChI is InChI=1S/C12H19N3/c1-8(2)13-9-5-6-10-11(7-9)15-12(3,4)14-10/h5-8,13-15H,1-4H3. The van der Waals surface area contributed by atoms with Crippen LogP contribution in [-0.4, -0.2) is 11.7 Å². The zero-order valence-electron chi connectivity index (χ0n) is 9.81. The van der Waals surface area contributed by atoms with Crippen molar-refractivity contribution < 1.29 is 0 Å². The summed E-state index contributed by atoms with van der Waals surface area (Å²) in [6.07, 6.45) is 0. The van der Waals surface area contributed by atoms with Crippen LogP contribution < -0.4 is 16.0 Å². The van der Waals surface area contributed by atoms with Gasteiger partial charge >= 0.3 is 0 Å². The van der Waals surface area contributed by atoms with Gasteiger partial charge in [0, 0.05) is 11.7 Å². The van der Waals surface area contributed by atoms with Crippen LogP contribution in [0.4, 0.5) is 17.1 Å². The van der Waals surface area contributed by atoms with Crippen LogP contribution in [-0.2, 0) is 0 Å². The van der Waals surface area contributed by atoms with Gasteiger partial charge < -0.3 is 16.0 Å². The summed E-state index contributed by atoms with van der Waals surface area (Å²) in [5.74, 6) is 0. The summed E-state index contributed by atoms with van der Waals surface area (Å²) in [4.78, 5) is 0. The highest BCUT2D eigenvalue weighted by molar-refractivity contribution is 5.79. The number of benzene rings is 1. The second-order valence-corrected chi connectivity index (χ2v) is 4.93. The summed E-state index contributed by atoms with van der Waals surface area (Å²) in [7, 11) is 0. The monoisotopic (exact) mass is 205 g/mol. The fourth-order valence-corrected chi connectivity index (χ4v) is 1.88. The van der Waals surface area contributed by atoms with Gasteiger partial charge in [0.1, 0.15) is 5.66 Å². The van der Waals surface area contributed by atoms with Crippen molar-refractivity contribution in [3.8, 4) is 0 Å². The molecule has 0 bridgehead atoms. The Morgan fingerprint density at radius 2 is 1.80 bits per heavy atom. The molecule has 0 unspecified atom stereocenters. The van der Waals surface area contributed by atoms with E-state index in [0.29, 0.717) is 6.04 Å². The van der Waals surface area contributed by atoms with Gasteiger partial charge in [-0.1, -0.05) is 0 Å². The van der Waals surface area contributed by atoms with Crippen LogP contribution in [0, 0.1) is 0 Å². The molecule has 1 aliphatic heterocycles. The Labute approximate surface area is 91.3 Å². The first-order chi connectivity index (χ1) is 6.96. The normalized spacial score (nSPS) is 16.9. The van der Waals surface area contributed by atoms with Crippen LogP contribution in [0.3, 0.4) is 0 Å². The van der Waals surface area contributed by atoms with Crippen LogP contribution in [0.1, 0.15) is 27.7 Å². The van der Waals surface area contributed by atoms with Crippen LogP contribution in [0.25, 0.3) is 0 Å². The largest absolute Gasteiger partial charge is 0.383 e. The SMILES string of the molecule is CC(C)Nc1ccc2c(c1)NC(C)(C)N2. The predicted molar refractivity (Wildman–Crippen MR) is 66.5 cm³/mol. The summed E-state index contributed by atoms with van der Waals surface area (Å²) < 4.78 is 0. The van der Waals surface area contributed by atoms with E-state index in [1.165, 1.54) is 11.4 Å². The van der Waals surface area contributed by atoms with Gasteiger partial charge in [0.15, 0.2) is 0 Å². The molecule has 0 radical (unpaired) electrons. The van der Waals surface area contributed by atoms with Crippen LogP contribution >= 0.6 is 0 Å². The highest BCUT2D eigenvalue weighted by atomic mass is 15.2. The Hall–Kier alpha value is -1.38. The third-order valence-corrected chi connectivity index (χ3v) is 2.37. The van der Waals surface area contributed by atoms with Crippen LogP contribution in [0.5, 0.6) is 0 Å². The maximum absolute atomic E-state index is 3.44. The molecule has 0 atom stereocenters. The van der Waals surface area contributed by atoms with Crippen molar-refractivity contribution >= 4 is 17.1 Å². The lowest BCUT2D eigenvalue weighted by Crippen LogP contribution is -2.33. The Bertz CT molecular complexity index is 369. The molecule has 3 heteroatoms. The molecule has 2 rings (SSSR count). The zero-order valence-corrected chi connectivity index (χ0v) is 9.81. The van der Waals surface area contributed by atoms with E-state index in [4.69, 9.17) is 0 Å². The van der Waals surface area contributed by atoms with E-state index in [1.54, 1.807) is 0 Å². The summed E-state index contributed by atoms with van der Waals surface area (Å²) in [6, 6.07) is 6.83. The lowest BCUT2D eigenvalue weighted by atomic mass is 10.2. The zero-order chi connectivity index (χ0) is 11.1. The fourth-order valence-electron chi connectivity index (χ4n) is 1.88. The molecule has 0 amide bonds. The minimum atomic E-state index is -0.0429. The fraction of sp³-hybridized carbons (Fsp3) is 0.500. The van der Waals surface area contributed by atoms with Gasteiger partial charge in [-0.25, -0.2) is 0 Å². The number of hydrogen-bond acceptors (Lipinski definition) is 3. The summed E-state index contributed by atoms with van der Waals surface area (Å²) in [5, 5.41) is 10.2. The van der Waals surface area contributed by atoms with E-state index in [2.05, 4.69) is 61.8 Å². The quantitative estimate of drug-likeness (QED) is 0.694. The molecule has 1 heterocycles. The van der Waals surface area contributed by atoms with Gasteiger partial charge in [-0.15, -0.1) is 0 Å². The molecule has 3 N–H and O–H groups in total. The highest BCUT2D eigenvalue weighted by Crippen LogP contribution is 2.35. The average Bonchev–Trinajstić information content (AvgIpc) is 2.36. The summed E-state index contributed by atoms with van der Waals surface area (Å²) in [5.41, 5.74) is 3.47. The summed E-state index contributed by atoms with van der Waals surface area (Å²) >= 11 is 0. The minimum absolute atomic E-state index is 0.0429. The van der Waals surface area contributed by atoms with Crippen LogP contribution in [0.2, 0.25) is 0 Å². The van der Waals surface area contributed by atoms with Gasteiger partial charge in [-0.3, -0.25) is 0 Å². The number of nitrogens with one attached hydrogen (secondary N) is 3. The van der Waals surface area contributed by atoms with E-state index in [0.717, 1.165) is 5.69 Å². The van der Waals surface area contributed by atoms with E-state index in [-0.39, 0.29) is 5.66 Å². The van der Waals surface area contributed by atoms with Crippen molar-refractivity contribution in [1.82, 2.24) is 0 Å². The molecule has 0 spiro atoms. The number of fused-ring (bicyclic) bond motifs is 1. The molecule has 0 fully saturated rings. The second kappa shape index (κ2) is 3.33. The maximum Gasteiger partial charge on any atom is 0.102 e. The molecule has 0 aromatic heterocycles. The highest BCUT2D eigenvalue weighted by Gasteiger charge is 2.25. The maximum atomic E-state index is 3.44. The van der Waals surface area contributed by atoms with Crippen molar-refractivity contribution in [3.05, 3.63) is 18.2 Å². The Kier molecular flexibility index (Phi) is 2.25. The first-order valence-corrected chi connectivity index (χ1v) is 5.43. The number of anilines is 3. The smallest absolute Gasteiger partial charge is 0.102 e. The van der Waals surface area contributed by atoms with E-state index in [1.807, 2.05) is 0 Å². The first-order valence-electron chi connectivity index (χ1n) is 5.43. The molecule has 3 nitrogen and oxygen atoms in total. The molecule has 82 valence electrons. The molecule has 0 aliphatic carbocycles. The van der Waals surface area contributed by atoms with Gasteiger partial charge in [0.05, 0.1) is 11.4 Å². The van der Waals surface area contributed by atoms with E-state index < -0.39 is 0 Å². The predicted octanol–water partition coefficient (Wildman–Crippen LogP) is 3.08.